The Hall–Kier alpha value is -0.630. The zero-order chi connectivity index (χ0) is 9.84. The molecule has 0 amide bonds. The molecule has 68 valence electrons. The number of carbonyl (C=O) groups is 1. The molecule has 0 saturated carbocycles. The SMILES string of the molecule is C#CCC(N)C(=O)c1sccc1Br. The first-order valence-corrected chi connectivity index (χ1v) is 5.30. The summed E-state index contributed by atoms with van der Waals surface area (Å²) in [6, 6.07) is 1.24. The molecule has 0 aliphatic heterocycles. The molecule has 1 atom stereocenters. The molecule has 1 aromatic heterocycles. The molecule has 0 fully saturated rings. The Kier molecular flexibility index (Phi) is 3.67. The third-order valence-corrected chi connectivity index (χ3v) is 3.37. The number of Topliss-reactive ketones (excluding diaryl/α,β-unsaturated/α-hetero) is 1. The van der Waals surface area contributed by atoms with Crippen molar-refractivity contribution in [3.8, 4) is 12.3 Å². The van der Waals surface area contributed by atoms with E-state index < -0.39 is 6.04 Å². The molecule has 13 heavy (non-hydrogen) atoms. The van der Waals surface area contributed by atoms with Gasteiger partial charge in [-0.2, -0.15) is 0 Å². The van der Waals surface area contributed by atoms with Crippen LogP contribution in [0.15, 0.2) is 15.9 Å². The van der Waals surface area contributed by atoms with Gasteiger partial charge >= 0.3 is 0 Å². The third kappa shape index (κ3) is 2.41. The van der Waals surface area contributed by atoms with E-state index in [0.717, 1.165) is 4.47 Å². The topological polar surface area (TPSA) is 43.1 Å². The van der Waals surface area contributed by atoms with Crippen molar-refractivity contribution in [1.29, 1.82) is 0 Å². The maximum atomic E-state index is 11.6. The van der Waals surface area contributed by atoms with Crippen molar-refractivity contribution in [3.05, 3.63) is 20.8 Å². The van der Waals surface area contributed by atoms with Crippen LogP contribution < -0.4 is 5.73 Å². The van der Waals surface area contributed by atoms with Gasteiger partial charge in [-0.3, -0.25) is 4.79 Å². The van der Waals surface area contributed by atoms with E-state index in [9.17, 15) is 4.79 Å². The van der Waals surface area contributed by atoms with E-state index in [0.29, 0.717) is 4.88 Å². The van der Waals surface area contributed by atoms with E-state index in [1.807, 2.05) is 11.4 Å². The molecule has 2 nitrogen and oxygen atoms in total. The molecule has 0 aliphatic carbocycles. The first-order chi connectivity index (χ1) is 6.16. The fourth-order valence-electron chi connectivity index (χ4n) is 0.858. The lowest BCUT2D eigenvalue weighted by Gasteiger charge is -2.04. The highest BCUT2D eigenvalue weighted by molar-refractivity contribution is 9.10. The Morgan fingerprint density at radius 1 is 1.85 bits per heavy atom. The fraction of sp³-hybridized carbons (Fsp3) is 0.222. The molecule has 0 radical (unpaired) electrons. The number of ketones is 1. The Morgan fingerprint density at radius 2 is 2.54 bits per heavy atom. The van der Waals surface area contributed by atoms with Crippen LogP contribution in [0.5, 0.6) is 0 Å². The van der Waals surface area contributed by atoms with Gasteiger partial charge in [0.25, 0.3) is 0 Å². The molecular formula is C9H8BrNOS. The largest absolute Gasteiger partial charge is 0.320 e. The summed E-state index contributed by atoms with van der Waals surface area (Å²) < 4.78 is 0.787. The van der Waals surface area contributed by atoms with E-state index in [1.165, 1.54) is 11.3 Å². The van der Waals surface area contributed by atoms with Crippen molar-refractivity contribution in [2.45, 2.75) is 12.5 Å². The van der Waals surface area contributed by atoms with Gasteiger partial charge < -0.3 is 5.73 Å². The second kappa shape index (κ2) is 4.56. The highest BCUT2D eigenvalue weighted by atomic mass is 79.9. The molecule has 1 aromatic rings. The second-order valence-corrected chi connectivity index (χ2v) is 4.25. The van der Waals surface area contributed by atoms with Gasteiger partial charge in [0.1, 0.15) is 0 Å². The fourth-order valence-corrected chi connectivity index (χ4v) is 2.43. The van der Waals surface area contributed by atoms with E-state index in [4.69, 9.17) is 12.2 Å². The third-order valence-electron chi connectivity index (χ3n) is 1.52. The number of carbonyl (C=O) groups excluding carboxylic acids is 1. The molecule has 1 unspecified atom stereocenters. The van der Waals surface area contributed by atoms with E-state index in [-0.39, 0.29) is 12.2 Å². The van der Waals surface area contributed by atoms with Crippen LogP contribution in [-0.2, 0) is 0 Å². The highest BCUT2D eigenvalue weighted by Crippen LogP contribution is 2.23. The number of terminal acetylenes is 1. The summed E-state index contributed by atoms with van der Waals surface area (Å²) in [6.07, 6.45) is 5.35. The van der Waals surface area contributed by atoms with Gasteiger partial charge in [0.15, 0.2) is 5.78 Å². The average Bonchev–Trinajstić information content (AvgIpc) is 2.50. The quantitative estimate of drug-likeness (QED) is 0.666. The zero-order valence-corrected chi connectivity index (χ0v) is 9.19. The maximum Gasteiger partial charge on any atom is 0.191 e. The smallest absolute Gasteiger partial charge is 0.191 e. The van der Waals surface area contributed by atoms with Gasteiger partial charge in [-0.1, -0.05) is 0 Å². The Bertz CT molecular complexity index is 353. The maximum absolute atomic E-state index is 11.6. The monoisotopic (exact) mass is 257 g/mol. The Morgan fingerprint density at radius 3 is 3.00 bits per heavy atom. The molecule has 0 bridgehead atoms. The molecular weight excluding hydrogens is 250 g/mol. The van der Waals surface area contributed by atoms with Crippen LogP contribution in [0.4, 0.5) is 0 Å². The predicted octanol–water partition coefficient (Wildman–Crippen LogP) is 2.04. The summed E-state index contributed by atoms with van der Waals surface area (Å²) in [5, 5.41) is 1.83. The molecule has 4 heteroatoms. The lowest BCUT2D eigenvalue weighted by atomic mass is 10.1. The predicted molar refractivity (Wildman–Crippen MR) is 57.8 cm³/mol. The van der Waals surface area contributed by atoms with Crippen LogP contribution in [-0.4, -0.2) is 11.8 Å². The average molecular weight is 258 g/mol. The highest BCUT2D eigenvalue weighted by Gasteiger charge is 2.18. The number of hydrogen-bond donors (Lipinski definition) is 1. The van der Waals surface area contributed by atoms with Crippen molar-refractivity contribution < 1.29 is 4.79 Å². The molecule has 0 aromatic carbocycles. The zero-order valence-electron chi connectivity index (χ0n) is 6.79. The number of rotatable bonds is 3. The van der Waals surface area contributed by atoms with Gasteiger partial charge in [-0.05, 0) is 27.4 Å². The minimum atomic E-state index is -0.583. The second-order valence-electron chi connectivity index (χ2n) is 2.48. The number of halogens is 1. The minimum Gasteiger partial charge on any atom is -0.320 e. The molecule has 0 spiro atoms. The molecule has 1 rings (SSSR count). The lowest BCUT2D eigenvalue weighted by molar-refractivity contribution is 0.0966. The van der Waals surface area contributed by atoms with Crippen molar-refractivity contribution in [3.63, 3.8) is 0 Å². The van der Waals surface area contributed by atoms with Crippen LogP contribution in [0.3, 0.4) is 0 Å². The van der Waals surface area contributed by atoms with Crippen LogP contribution >= 0.6 is 27.3 Å². The van der Waals surface area contributed by atoms with Crippen molar-refractivity contribution in [1.82, 2.24) is 0 Å². The van der Waals surface area contributed by atoms with E-state index >= 15 is 0 Å². The lowest BCUT2D eigenvalue weighted by Crippen LogP contribution is -2.29. The van der Waals surface area contributed by atoms with Crippen LogP contribution in [0.2, 0.25) is 0 Å². The van der Waals surface area contributed by atoms with Gasteiger partial charge in [0.2, 0.25) is 0 Å². The van der Waals surface area contributed by atoms with Gasteiger partial charge in [0.05, 0.1) is 10.9 Å². The molecule has 1 heterocycles. The van der Waals surface area contributed by atoms with E-state index in [2.05, 4.69) is 21.9 Å². The molecule has 0 saturated heterocycles. The first kappa shape index (κ1) is 10.5. The normalized spacial score (nSPS) is 12.1. The van der Waals surface area contributed by atoms with Crippen LogP contribution in [0.1, 0.15) is 16.1 Å². The summed E-state index contributed by atoms with van der Waals surface area (Å²) in [5.41, 5.74) is 5.58. The summed E-state index contributed by atoms with van der Waals surface area (Å²) in [5.74, 6) is 2.28. The van der Waals surface area contributed by atoms with Crippen molar-refractivity contribution >= 4 is 33.0 Å². The van der Waals surface area contributed by atoms with Crippen molar-refractivity contribution in [2.24, 2.45) is 5.73 Å². The summed E-state index contributed by atoms with van der Waals surface area (Å²) in [4.78, 5) is 12.2. The first-order valence-electron chi connectivity index (χ1n) is 3.63. The minimum absolute atomic E-state index is 0.0974. The summed E-state index contributed by atoms with van der Waals surface area (Å²) in [7, 11) is 0. The van der Waals surface area contributed by atoms with Gasteiger partial charge in [0, 0.05) is 10.9 Å². The number of nitrogens with two attached hydrogens (primary N) is 1. The number of thiophene rings is 1. The standard InChI is InChI=1S/C9H8BrNOS/c1-2-3-7(11)8(12)9-6(10)4-5-13-9/h1,4-5,7H,3,11H2. The molecule has 0 aliphatic rings. The Labute approximate surface area is 89.3 Å². The van der Waals surface area contributed by atoms with Gasteiger partial charge in [-0.25, -0.2) is 0 Å². The summed E-state index contributed by atoms with van der Waals surface area (Å²) >= 11 is 4.64. The van der Waals surface area contributed by atoms with Crippen LogP contribution in [0.25, 0.3) is 0 Å². The van der Waals surface area contributed by atoms with E-state index in [1.54, 1.807) is 0 Å². The van der Waals surface area contributed by atoms with Crippen LogP contribution in [0, 0.1) is 12.3 Å². The Balaban J connectivity index is 2.81. The number of hydrogen-bond acceptors (Lipinski definition) is 3. The molecule has 2 N–H and O–H groups in total. The van der Waals surface area contributed by atoms with Crippen molar-refractivity contribution in [2.75, 3.05) is 0 Å². The van der Waals surface area contributed by atoms with Gasteiger partial charge in [-0.15, -0.1) is 23.7 Å². The summed E-state index contributed by atoms with van der Waals surface area (Å²) in [6.45, 7) is 0.